The Hall–Kier alpha value is -2.83. The van der Waals surface area contributed by atoms with E-state index in [1.54, 1.807) is 19.6 Å². The van der Waals surface area contributed by atoms with Crippen molar-refractivity contribution in [2.45, 2.75) is 25.8 Å². The van der Waals surface area contributed by atoms with Gasteiger partial charge in [0.15, 0.2) is 0 Å². The van der Waals surface area contributed by atoms with E-state index in [-0.39, 0.29) is 6.42 Å². The number of oxime groups is 1. The van der Waals surface area contributed by atoms with Crippen molar-refractivity contribution in [3.63, 3.8) is 0 Å². The third kappa shape index (κ3) is 5.42. The summed E-state index contributed by atoms with van der Waals surface area (Å²) in [6, 6.07) is 7.59. The summed E-state index contributed by atoms with van der Waals surface area (Å²) in [4.78, 5) is 19.9. The normalized spacial score (nSPS) is 11.3. The van der Waals surface area contributed by atoms with Crippen LogP contribution in [0, 0.1) is 0 Å². The van der Waals surface area contributed by atoms with Gasteiger partial charge < -0.3 is 19.2 Å². The van der Waals surface area contributed by atoms with Gasteiger partial charge in [0.05, 0.1) is 20.0 Å². The van der Waals surface area contributed by atoms with Crippen LogP contribution in [0.1, 0.15) is 24.8 Å². The van der Waals surface area contributed by atoms with Gasteiger partial charge in [-0.05, 0) is 25.0 Å². The van der Waals surface area contributed by atoms with Crippen molar-refractivity contribution in [1.82, 2.24) is 9.55 Å². The van der Waals surface area contributed by atoms with E-state index in [2.05, 4.69) is 10.1 Å². The number of hydrogen-bond donors (Lipinski definition) is 1. The lowest BCUT2D eigenvalue weighted by Gasteiger charge is -2.11. The molecule has 0 saturated carbocycles. The largest absolute Gasteiger partial charge is 0.496 e. The zero-order valence-corrected chi connectivity index (χ0v) is 13.6. The maximum atomic E-state index is 10.5. The Balaban J connectivity index is 2.05. The van der Waals surface area contributed by atoms with Crippen LogP contribution in [0.2, 0.25) is 0 Å². The van der Waals surface area contributed by atoms with Gasteiger partial charge in [-0.3, -0.25) is 4.79 Å². The Morgan fingerprint density at radius 3 is 2.88 bits per heavy atom. The van der Waals surface area contributed by atoms with Crippen molar-refractivity contribution < 1.29 is 19.5 Å². The van der Waals surface area contributed by atoms with E-state index in [0.29, 0.717) is 37.5 Å². The summed E-state index contributed by atoms with van der Waals surface area (Å²) in [7, 11) is 1.61. The Labute approximate surface area is 140 Å². The first-order chi connectivity index (χ1) is 11.7. The highest BCUT2D eigenvalue weighted by Crippen LogP contribution is 2.19. The Morgan fingerprint density at radius 2 is 2.17 bits per heavy atom. The standard InChI is InChI=1S/C17H21N3O4/c1-23-16-7-3-2-6-14(16)15(12-20-10-9-18-13-20)19-24-11-5-4-8-17(21)22/h2-3,6-7,9-10,13H,4-5,8,11-12H2,1H3,(H,21,22)/b19-15+. The van der Waals surface area contributed by atoms with E-state index < -0.39 is 5.97 Å². The molecule has 1 aromatic heterocycles. The van der Waals surface area contributed by atoms with Gasteiger partial charge in [-0.25, -0.2) is 4.98 Å². The van der Waals surface area contributed by atoms with E-state index >= 15 is 0 Å². The number of methoxy groups -OCH3 is 1. The van der Waals surface area contributed by atoms with Crippen LogP contribution in [0.25, 0.3) is 0 Å². The summed E-state index contributed by atoms with van der Waals surface area (Å²) in [5.74, 6) is -0.0841. The van der Waals surface area contributed by atoms with E-state index in [9.17, 15) is 4.79 Å². The predicted molar refractivity (Wildman–Crippen MR) is 89.2 cm³/mol. The topological polar surface area (TPSA) is 85.9 Å². The van der Waals surface area contributed by atoms with Crippen molar-refractivity contribution in [3.05, 3.63) is 48.5 Å². The molecule has 7 heteroatoms. The van der Waals surface area contributed by atoms with Crippen molar-refractivity contribution in [2.24, 2.45) is 5.16 Å². The van der Waals surface area contributed by atoms with Crippen molar-refractivity contribution in [3.8, 4) is 5.75 Å². The maximum absolute atomic E-state index is 10.5. The second-order valence-corrected chi connectivity index (χ2v) is 5.16. The van der Waals surface area contributed by atoms with Crippen LogP contribution in [0.3, 0.4) is 0 Å². The number of hydrogen-bond acceptors (Lipinski definition) is 5. The molecule has 0 amide bonds. The summed E-state index contributed by atoms with van der Waals surface area (Å²) < 4.78 is 7.28. The van der Waals surface area contributed by atoms with E-state index in [1.165, 1.54) is 0 Å². The highest BCUT2D eigenvalue weighted by molar-refractivity contribution is 6.02. The Morgan fingerprint density at radius 1 is 1.33 bits per heavy atom. The molecule has 24 heavy (non-hydrogen) atoms. The van der Waals surface area contributed by atoms with Gasteiger partial charge in [0.1, 0.15) is 18.1 Å². The average molecular weight is 331 g/mol. The van der Waals surface area contributed by atoms with Gasteiger partial charge in [-0.1, -0.05) is 17.3 Å². The second-order valence-electron chi connectivity index (χ2n) is 5.16. The second kappa shape index (κ2) is 9.34. The fraction of sp³-hybridized carbons (Fsp3) is 0.353. The fourth-order valence-electron chi connectivity index (χ4n) is 2.17. The molecule has 128 valence electrons. The number of benzene rings is 1. The summed E-state index contributed by atoms with van der Waals surface area (Å²) in [6.07, 6.45) is 6.60. The number of nitrogens with zero attached hydrogens (tertiary/aromatic N) is 3. The lowest BCUT2D eigenvalue weighted by atomic mass is 10.1. The molecule has 1 N–H and O–H groups in total. The predicted octanol–water partition coefficient (Wildman–Crippen LogP) is 2.57. The summed E-state index contributed by atoms with van der Waals surface area (Å²) in [5, 5.41) is 12.9. The lowest BCUT2D eigenvalue weighted by Crippen LogP contribution is -2.12. The Bertz CT molecular complexity index is 668. The molecule has 0 atom stereocenters. The van der Waals surface area contributed by atoms with Gasteiger partial charge in [-0.15, -0.1) is 0 Å². The molecule has 1 aromatic carbocycles. The number of ether oxygens (including phenoxy) is 1. The lowest BCUT2D eigenvalue weighted by molar-refractivity contribution is -0.137. The molecule has 0 saturated heterocycles. The molecule has 0 spiro atoms. The monoisotopic (exact) mass is 331 g/mol. The van der Waals surface area contributed by atoms with Gasteiger partial charge in [0.2, 0.25) is 0 Å². The van der Waals surface area contributed by atoms with Crippen molar-refractivity contribution in [2.75, 3.05) is 13.7 Å². The zero-order valence-electron chi connectivity index (χ0n) is 13.6. The number of carboxylic acids is 1. The number of carboxylic acid groups (broad SMARTS) is 1. The molecule has 0 aliphatic heterocycles. The van der Waals surface area contributed by atoms with E-state index in [1.807, 2.05) is 35.0 Å². The molecule has 0 radical (unpaired) electrons. The molecule has 0 aliphatic carbocycles. The number of unbranched alkanes of at least 4 members (excludes halogenated alkanes) is 1. The third-order valence-electron chi connectivity index (χ3n) is 3.36. The van der Waals surface area contributed by atoms with Crippen LogP contribution < -0.4 is 4.74 Å². The first-order valence-corrected chi connectivity index (χ1v) is 7.70. The zero-order chi connectivity index (χ0) is 17.2. The molecule has 1 heterocycles. The number of aliphatic carboxylic acids is 1. The maximum Gasteiger partial charge on any atom is 0.303 e. The number of carbonyl (C=O) groups is 1. The molecule has 7 nitrogen and oxygen atoms in total. The van der Waals surface area contributed by atoms with E-state index in [0.717, 1.165) is 5.56 Å². The smallest absolute Gasteiger partial charge is 0.303 e. The van der Waals surface area contributed by atoms with Crippen molar-refractivity contribution in [1.29, 1.82) is 0 Å². The minimum atomic E-state index is -0.798. The Kier molecular flexibility index (Phi) is 6.82. The molecule has 0 fully saturated rings. The minimum Gasteiger partial charge on any atom is -0.496 e. The van der Waals surface area contributed by atoms with Crippen molar-refractivity contribution >= 4 is 11.7 Å². The van der Waals surface area contributed by atoms with Crippen LogP contribution in [0.5, 0.6) is 5.75 Å². The summed E-state index contributed by atoms with van der Waals surface area (Å²) >= 11 is 0. The van der Waals surface area contributed by atoms with Crippen LogP contribution in [0.15, 0.2) is 48.1 Å². The fourth-order valence-corrected chi connectivity index (χ4v) is 2.17. The molecule has 0 unspecified atom stereocenters. The van der Waals surface area contributed by atoms with Crippen LogP contribution in [0.4, 0.5) is 0 Å². The molecule has 0 aliphatic rings. The molecule has 2 aromatic rings. The van der Waals surface area contributed by atoms with Gasteiger partial charge in [0, 0.05) is 24.4 Å². The number of rotatable bonds is 10. The van der Waals surface area contributed by atoms with Crippen LogP contribution >= 0.6 is 0 Å². The van der Waals surface area contributed by atoms with Gasteiger partial charge in [-0.2, -0.15) is 0 Å². The molecular formula is C17H21N3O4. The first-order valence-electron chi connectivity index (χ1n) is 7.70. The average Bonchev–Trinajstić information content (AvgIpc) is 3.09. The highest BCUT2D eigenvalue weighted by Gasteiger charge is 2.11. The SMILES string of the molecule is COc1ccccc1/C(Cn1ccnc1)=N/OCCCCC(=O)O. The number of para-hydroxylation sites is 1. The molecule has 0 bridgehead atoms. The van der Waals surface area contributed by atoms with Gasteiger partial charge in [0.25, 0.3) is 0 Å². The number of aromatic nitrogens is 2. The van der Waals surface area contributed by atoms with Gasteiger partial charge >= 0.3 is 5.97 Å². The highest BCUT2D eigenvalue weighted by atomic mass is 16.6. The first kappa shape index (κ1) is 17.5. The minimum absolute atomic E-state index is 0.140. The summed E-state index contributed by atoms with van der Waals surface area (Å²) in [5.41, 5.74) is 1.56. The van der Waals surface area contributed by atoms with E-state index in [4.69, 9.17) is 14.7 Å². The third-order valence-corrected chi connectivity index (χ3v) is 3.36. The van der Waals surface area contributed by atoms with Crippen LogP contribution in [-0.2, 0) is 16.2 Å². The van der Waals surface area contributed by atoms with Crippen LogP contribution in [-0.4, -0.2) is 40.1 Å². The number of imidazole rings is 1. The quantitative estimate of drug-likeness (QED) is 0.411. The molecule has 2 rings (SSSR count). The summed E-state index contributed by atoms with van der Waals surface area (Å²) in [6.45, 7) is 0.866. The molecular weight excluding hydrogens is 310 g/mol.